The lowest BCUT2D eigenvalue weighted by Crippen LogP contribution is -2.38. The largest absolute Gasteiger partial charge is 0.370 e. The quantitative estimate of drug-likeness (QED) is 0.563. The van der Waals surface area contributed by atoms with Crippen LogP contribution >= 0.6 is 0 Å². The first-order valence-corrected chi connectivity index (χ1v) is 5.60. The second-order valence-electron chi connectivity index (χ2n) is 3.65. The van der Waals surface area contributed by atoms with Crippen molar-refractivity contribution in [2.45, 2.75) is 46.3 Å². The normalized spacial score (nSPS) is 13.8. The van der Waals surface area contributed by atoms with Crippen LogP contribution in [0.4, 0.5) is 0 Å². The summed E-state index contributed by atoms with van der Waals surface area (Å²) < 4.78 is 1.81. The summed E-state index contributed by atoms with van der Waals surface area (Å²) in [4.78, 5) is 8.34. The van der Waals surface area contributed by atoms with E-state index < -0.39 is 0 Å². The van der Waals surface area contributed by atoms with E-state index in [0.717, 1.165) is 18.8 Å². The second kappa shape index (κ2) is 6.09. The monoisotopic (exact) mass is 224 g/mol. The highest BCUT2D eigenvalue weighted by molar-refractivity contribution is 5.78. The Morgan fingerprint density at radius 1 is 1.62 bits per heavy atom. The molecule has 1 atom stereocenters. The molecule has 0 saturated carbocycles. The Bertz CT molecular complexity index is 343. The number of guanidine groups is 1. The van der Waals surface area contributed by atoms with Gasteiger partial charge >= 0.3 is 0 Å². The van der Waals surface area contributed by atoms with Crippen LogP contribution in [0.5, 0.6) is 0 Å². The average molecular weight is 224 g/mol. The van der Waals surface area contributed by atoms with Crippen LogP contribution in [0.2, 0.25) is 0 Å². The lowest BCUT2D eigenvalue weighted by atomic mass is 10.3. The molecule has 0 spiro atoms. The molecule has 1 aromatic rings. The fourth-order valence-electron chi connectivity index (χ4n) is 1.23. The number of hydrogen-bond acceptors (Lipinski definition) is 3. The fourth-order valence-corrected chi connectivity index (χ4v) is 1.23. The molecular formula is C10H20N6. The average Bonchev–Trinajstić information content (AvgIpc) is 2.73. The van der Waals surface area contributed by atoms with Gasteiger partial charge in [0.25, 0.3) is 0 Å². The zero-order valence-electron chi connectivity index (χ0n) is 10.1. The van der Waals surface area contributed by atoms with E-state index >= 15 is 0 Å². The highest BCUT2D eigenvalue weighted by Crippen LogP contribution is 1.96. The number of aryl methyl sites for hydroxylation is 1. The first-order valence-electron chi connectivity index (χ1n) is 5.60. The maximum Gasteiger partial charge on any atom is 0.189 e. The maximum atomic E-state index is 5.74. The molecule has 1 aromatic heterocycles. The predicted molar refractivity (Wildman–Crippen MR) is 63.9 cm³/mol. The van der Waals surface area contributed by atoms with Crippen molar-refractivity contribution in [2.75, 3.05) is 0 Å². The molecule has 1 rings (SSSR count). The van der Waals surface area contributed by atoms with Gasteiger partial charge in [-0.25, -0.2) is 14.7 Å². The number of nitrogens with zero attached hydrogens (tertiary/aromatic N) is 4. The van der Waals surface area contributed by atoms with Crippen molar-refractivity contribution >= 4 is 5.96 Å². The molecule has 90 valence electrons. The molecule has 6 heteroatoms. The summed E-state index contributed by atoms with van der Waals surface area (Å²) in [6, 6.07) is 0.341. The summed E-state index contributed by atoms with van der Waals surface area (Å²) in [5, 5.41) is 7.16. The van der Waals surface area contributed by atoms with E-state index in [2.05, 4.69) is 34.2 Å². The summed E-state index contributed by atoms with van der Waals surface area (Å²) in [6.07, 6.45) is 2.55. The lowest BCUT2D eigenvalue weighted by molar-refractivity contribution is 0.611. The fraction of sp³-hybridized carbons (Fsp3) is 0.700. The van der Waals surface area contributed by atoms with Gasteiger partial charge in [-0.3, -0.25) is 0 Å². The third-order valence-electron chi connectivity index (χ3n) is 2.39. The van der Waals surface area contributed by atoms with Crippen LogP contribution in [0.3, 0.4) is 0 Å². The van der Waals surface area contributed by atoms with Crippen molar-refractivity contribution in [2.24, 2.45) is 10.7 Å². The molecule has 0 aliphatic carbocycles. The van der Waals surface area contributed by atoms with Crippen LogP contribution in [0, 0.1) is 0 Å². The highest BCUT2D eigenvalue weighted by Gasteiger charge is 2.02. The minimum atomic E-state index is 0.341. The smallest absolute Gasteiger partial charge is 0.189 e. The van der Waals surface area contributed by atoms with Crippen molar-refractivity contribution in [1.29, 1.82) is 0 Å². The Balaban J connectivity index is 2.52. The lowest BCUT2D eigenvalue weighted by Gasteiger charge is -2.11. The standard InChI is InChI=1S/C10H20N6/c1-4-8(3)15-10(11)12-6-9-13-7-14-16(9)5-2/h7-8H,4-6H2,1-3H3,(H3,11,12,15). The van der Waals surface area contributed by atoms with Crippen molar-refractivity contribution in [3.05, 3.63) is 12.2 Å². The van der Waals surface area contributed by atoms with E-state index in [9.17, 15) is 0 Å². The molecule has 0 radical (unpaired) electrons. The van der Waals surface area contributed by atoms with Gasteiger partial charge < -0.3 is 11.1 Å². The summed E-state index contributed by atoms with van der Waals surface area (Å²) in [5.74, 6) is 1.29. The van der Waals surface area contributed by atoms with Gasteiger partial charge in [0.05, 0.1) is 0 Å². The first kappa shape index (κ1) is 12.5. The second-order valence-corrected chi connectivity index (χ2v) is 3.65. The molecule has 1 unspecified atom stereocenters. The van der Waals surface area contributed by atoms with E-state index in [1.54, 1.807) is 4.68 Å². The van der Waals surface area contributed by atoms with Gasteiger partial charge in [-0.15, -0.1) is 0 Å². The van der Waals surface area contributed by atoms with Gasteiger partial charge in [0.1, 0.15) is 18.7 Å². The predicted octanol–water partition coefficient (Wildman–Crippen LogP) is 0.501. The third-order valence-corrected chi connectivity index (χ3v) is 2.39. The molecule has 0 aliphatic heterocycles. The van der Waals surface area contributed by atoms with E-state index in [1.165, 1.54) is 6.33 Å². The van der Waals surface area contributed by atoms with Crippen LogP contribution < -0.4 is 11.1 Å². The minimum absolute atomic E-state index is 0.341. The molecule has 3 N–H and O–H groups in total. The summed E-state index contributed by atoms with van der Waals surface area (Å²) in [5.41, 5.74) is 5.74. The van der Waals surface area contributed by atoms with Gasteiger partial charge in [0, 0.05) is 12.6 Å². The van der Waals surface area contributed by atoms with Crippen LogP contribution in [-0.4, -0.2) is 26.8 Å². The van der Waals surface area contributed by atoms with Crippen molar-refractivity contribution < 1.29 is 0 Å². The van der Waals surface area contributed by atoms with Crippen LogP contribution in [0.25, 0.3) is 0 Å². The molecule has 0 saturated heterocycles. The van der Waals surface area contributed by atoms with Crippen molar-refractivity contribution in [3.8, 4) is 0 Å². The van der Waals surface area contributed by atoms with Gasteiger partial charge in [-0.1, -0.05) is 6.92 Å². The number of rotatable bonds is 5. The zero-order chi connectivity index (χ0) is 12.0. The Labute approximate surface area is 96.0 Å². The van der Waals surface area contributed by atoms with E-state index in [0.29, 0.717) is 18.5 Å². The topological polar surface area (TPSA) is 81.1 Å². The number of nitrogens with one attached hydrogen (secondary N) is 1. The molecule has 1 heterocycles. The van der Waals surface area contributed by atoms with Gasteiger partial charge in [-0.05, 0) is 20.3 Å². The first-order chi connectivity index (χ1) is 7.67. The zero-order valence-corrected chi connectivity index (χ0v) is 10.1. The molecule has 16 heavy (non-hydrogen) atoms. The SMILES string of the molecule is CCC(C)NC(N)=NCc1ncnn1CC. The molecule has 0 amide bonds. The van der Waals surface area contributed by atoms with Gasteiger partial charge in [0.15, 0.2) is 5.96 Å². The molecule has 6 nitrogen and oxygen atoms in total. The summed E-state index contributed by atoms with van der Waals surface area (Å²) in [6.45, 7) is 7.44. The molecule has 0 bridgehead atoms. The molecular weight excluding hydrogens is 204 g/mol. The van der Waals surface area contributed by atoms with E-state index in [1.807, 2.05) is 6.92 Å². The number of hydrogen-bond donors (Lipinski definition) is 2. The summed E-state index contributed by atoms with van der Waals surface area (Å²) in [7, 11) is 0. The summed E-state index contributed by atoms with van der Waals surface area (Å²) >= 11 is 0. The maximum absolute atomic E-state index is 5.74. The molecule has 0 fully saturated rings. The van der Waals surface area contributed by atoms with Gasteiger partial charge in [-0.2, -0.15) is 5.10 Å². The Kier molecular flexibility index (Phi) is 4.75. The number of aliphatic imine (C=N–C) groups is 1. The van der Waals surface area contributed by atoms with Crippen molar-refractivity contribution in [1.82, 2.24) is 20.1 Å². The van der Waals surface area contributed by atoms with E-state index in [4.69, 9.17) is 5.73 Å². The number of aromatic nitrogens is 3. The Morgan fingerprint density at radius 3 is 3.00 bits per heavy atom. The van der Waals surface area contributed by atoms with Crippen LogP contribution in [0.1, 0.15) is 33.0 Å². The van der Waals surface area contributed by atoms with E-state index in [-0.39, 0.29) is 0 Å². The number of nitrogens with two attached hydrogens (primary N) is 1. The molecule has 0 aromatic carbocycles. The van der Waals surface area contributed by atoms with Crippen LogP contribution in [-0.2, 0) is 13.1 Å². The Morgan fingerprint density at radius 2 is 2.38 bits per heavy atom. The Hall–Kier alpha value is -1.59. The third kappa shape index (κ3) is 3.52. The molecule has 0 aliphatic rings. The van der Waals surface area contributed by atoms with Crippen molar-refractivity contribution in [3.63, 3.8) is 0 Å². The van der Waals surface area contributed by atoms with Gasteiger partial charge in [0.2, 0.25) is 0 Å². The highest BCUT2D eigenvalue weighted by atomic mass is 15.3. The minimum Gasteiger partial charge on any atom is -0.370 e. The van der Waals surface area contributed by atoms with Crippen LogP contribution in [0.15, 0.2) is 11.3 Å².